The van der Waals surface area contributed by atoms with Crippen LogP contribution in [0.15, 0.2) is 49.4 Å². The van der Waals surface area contributed by atoms with E-state index in [0.29, 0.717) is 11.3 Å². The van der Waals surface area contributed by atoms with Crippen molar-refractivity contribution in [1.29, 1.82) is 0 Å². The van der Waals surface area contributed by atoms with Gasteiger partial charge in [0.1, 0.15) is 5.76 Å². The fraction of sp³-hybridized carbons (Fsp3) is 0.423. The molecule has 1 atom stereocenters. The number of rotatable bonds is 12. The highest BCUT2D eigenvalue weighted by atomic mass is 16.5. The van der Waals surface area contributed by atoms with E-state index in [1.54, 1.807) is 13.3 Å². The first-order valence-electron chi connectivity index (χ1n) is 10.6. The number of anilines is 1. The van der Waals surface area contributed by atoms with Crippen molar-refractivity contribution in [3.8, 4) is 0 Å². The van der Waals surface area contributed by atoms with Crippen molar-refractivity contribution >= 4 is 17.2 Å². The molecule has 1 unspecified atom stereocenters. The van der Waals surface area contributed by atoms with Crippen LogP contribution in [0.2, 0.25) is 0 Å². The third-order valence-electron chi connectivity index (χ3n) is 5.25. The van der Waals surface area contributed by atoms with E-state index in [0.717, 1.165) is 53.6 Å². The molecule has 1 rings (SSSR count). The van der Waals surface area contributed by atoms with Crippen molar-refractivity contribution in [2.75, 3.05) is 19.5 Å². The van der Waals surface area contributed by atoms with Crippen molar-refractivity contribution in [3.05, 3.63) is 71.7 Å². The van der Waals surface area contributed by atoms with Gasteiger partial charge < -0.3 is 14.8 Å². The smallest absolute Gasteiger partial charge is 0.340 e. The average Bonchev–Trinajstić information content (AvgIpc) is 2.74. The Balaban J connectivity index is 3.87. The zero-order valence-corrected chi connectivity index (χ0v) is 19.4. The summed E-state index contributed by atoms with van der Waals surface area (Å²) in [6.45, 7) is 16.2. The van der Waals surface area contributed by atoms with Crippen LogP contribution < -0.4 is 5.32 Å². The normalized spacial score (nSPS) is 12.5. The SMILES string of the molecule is C=CNc1c(C(=O)OC)c(C)cc(C(/C=C\C(=C)OC)=C/CCCC)c1C(C)CC. The molecule has 0 heterocycles. The number of benzene rings is 1. The first-order chi connectivity index (χ1) is 14.4. The second-order valence-electron chi connectivity index (χ2n) is 7.36. The van der Waals surface area contributed by atoms with Gasteiger partial charge in [-0.1, -0.05) is 65.0 Å². The Labute approximate surface area is 182 Å². The van der Waals surface area contributed by atoms with Crippen molar-refractivity contribution in [3.63, 3.8) is 0 Å². The predicted octanol–water partition coefficient (Wildman–Crippen LogP) is 7.14. The number of esters is 1. The fourth-order valence-electron chi connectivity index (χ4n) is 3.39. The van der Waals surface area contributed by atoms with Gasteiger partial charge in [0.2, 0.25) is 0 Å². The number of carbonyl (C=O) groups is 1. The van der Waals surface area contributed by atoms with Crippen LogP contribution in [-0.4, -0.2) is 20.2 Å². The van der Waals surface area contributed by atoms with Gasteiger partial charge in [-0.3, -0.25) is 0 Å². The Morgan fingerprint density at radius 1 is 1.23 bits per heavy atom. The largest absolute Gasteiger partial charge is 0.497 e. The van der Waals surface area contributed by atoms with Crippen LogP contribution in [0.5, 0.6) is 0 Å². The molecule has 0 aromatic heterocycles. The van der Waals surface area contributed by atoms with Crippen LogP contribution in [0.3, 0.4) is 0 Å². The summed E-state index contributed by atoms with van der Waals surface area (Å²) in [5.74, 6) is 0.460. The van der Waals surface area contributed by atoms with Crippen LogP contribution in [0, 0.1) is 6.92 Å². The van der Waals surface area contributed by atoms with E-state index in [2.05, 4.69) is 51.4 Å². The van der Waals surface area contributed by atoms with Gasteiger partial charge in [0, 0.05) is 0 Å². The standard InChI is InChI=1S/C26H37NO3/c1-9-12-13-14-21(16-15-20(6)29-7)22-17-19(5)24(26(28)30-8)25(27-11-3)23(22)18(4)10-2/h11,14-18,27H,3,6,9-10,12-13H2,1-2,4-5,7-8H3/b16-15-,21-14+. The lowest BCUT2D eigenvalue weighted by molar-refractivity contribution is 0.0601. The van der Waals surface area contributed by atoms with E-state index in [1.807, 2.05) is 19.1 Å². The Hall–Kier alpha value is -2.75. The minimum Gasteiger partial charge on any atom is -0.497 e. The van der Waals surface area contributed by atoms with Gasteiger partial charge >= 0.3 is 5.97 Å². The number of ether oxygens (including phenoxy) is 2. The maximum absolute atomic E-state index is 12.6. The molecule has 0 radical (unpaired) electrons. The predicted molar refractivity (Wildman–Crippen MR) is 128 cm³/mol. The highest BCUT2D eigenvalue weighted by Crippen LogP contribution is 2.39. The highest BCUT2D eigenvalue weighted by molar-refractivity contribution is 6.00. The van der Waals surface area contributed by atoms with Crippen LogP contribution in [0.4, 0.5) is 5.69 Å². The second kappa shape index (κ2) is 12.7. The molecule has 0 aliphatic rings. The Bertz CT molecular complexity index is 818. The molecule has 4 heteroatoms. The first-order valence-corrected chi connectivity index (χ1v) is 10.6. The van der Waals surface area contributed by atoms with E-state index >= 15 is 0 Å². The van der Waals surface area contributed by atoms with Crippen molar-refractivity contribution in [2.45, 2.75) is 59.3 Å². The molecule has 0 saturated carbocycles. The number of unbranched alkanes of at least 4 members (excludes halogenated alkanes) is 2. The average molecular weight is 412 g/mol. The number of methoxy groups -OCH3 is 2. The fourth-order valence-corrected chi connectivity index (χ4v) is 3.39. The van der Waals surface area contributed by atoms with Crippen molar-refractivity contribution < 1.29 is 14.3 Å². The molecule has 0 spiro atoms. The summed E-state index contributed by atoms with van der Waals surface area (Å²) in [7, 11) is 3.02. The van der Waals surface area contributed by atoms with Gasteiger partial charge in [0.15, 0.2) is 0 Å². The van der Waals surface area contributed by atoms with Crippen LogP contribution in [0.1, 0.15) is 79.4 Å². The summed E-state index contributed by atoms with van der Waals surface area (Å²) in [6, 6.07) is 2.08. The second-order valence-corrected chi connectivity index (χ2v) is 7.36. The summed E-state index contributed by atoms with van der Waals surface area (Å²) in [5.41, 5.74) is 5.43. The number of carbonyl (C=O) groups excluding carboxylic acids is 1. The maximum atomic E-state index is 12.6. The maximum Gasteiger partial charge on any atom is 0.340 e. The summed E-state index contributed by atoms with van der Waals surface area (Å²) in [4.78, 5) is 12.6. The van der Waals surface area contributed by atoms with Gasteiger partial charge in [0.05, 0.1) is 25.5 Å². The number of hydrogen-bond donors (Lipinski definition) is 1. The third-order valence-corrected chi connectivity index (χ3v) is 5.25. The van der Waals surface area contributed by atoms with Gasteiger partial charge in [0.25, 0.3) is 0 Å². The monoisotopic (exact) mass is 411 g/mol. The molecular formula is C26H37NO3. The van der Waals surface area contributed by atoms with Crippen molar-refractivity contribution in [1.82, 2.24) is 0 Å². The summed E-state index contributed by atoms with van der Waals surface area (Å²) < 4.78 is 10.3. The molecule has 1 aromatic carbocycles. The van der Waals surface area contributed by atoms with E-state index in [4.69, 9.17) is 9.47 Å². The highest BCUT2D eigenvalue weighted by Gasteiger charge is 2.24. The molecule has 0 aliphatic heterocycles. The topological polar surface area (TPSA) is 47.6 Å². The molecule has 0 bridgehead atoms. The minimum atomic E-state index is -0.354. The van der Waals surface area contributed by atoms with Crippen LogP contribution in [0.25, 0.3) is 5.57 Å². The van der Waals surface area contributed by atoms with E-state index in [1.165, 1.54) is 7.11 Å². The molecule has 164 valence electrons. The molecule has 1 N–H and O–H groups in total. The van der Waals surface area contributed by atoms with Crippen LogP contribution in [-0.2, 0) is 9.47 Å². The molecule has 0 amide bonds. The molecule has 4 nitrogen and oxygen atoms in total. The molecular weight excluding hydrogens is 374 g/mol. The Kier molecular flexibility index (Phi) is 10.7. The van der Waals surface area contributed by atoms with Gasteiger partial charge in [-0.25, -0.2) is 4.79 Å². The number of allylic oxidation sites excluding steroid dienone is 4. The lowest BCUT2D eigenvalue weighted by Crippen LogP contribution is -2.13. The van der Waals surface area contributed by atoms with Gasteiger partial charge in [-0.05, 0) is 60.2 Å². The Morgan fingerprint density at radius 3 is 2.47 bits per heavy atom. The Morgan fingerprint density at radius 2 is 1.93 bits per heavy atom. The van der Waals surface area contributed by atoms with Gasteiger partial charge in [-0.2, -0.15) is 0 Å². The zero-order chi connectivity index (χ0) is 22.7. The summed E-state index contributed by atoms with van der Waals surface area (Å²) >= 11 is 0. The molecule has 30 heavy (non-hydrogen) atoms. The first kappa shape index (κ1) is 25.3. The number of hydrogen-bond acceptors (Lipinski definition) is 4. The quantitative estimate of drug-likeness (QED) is 0.172. The molecule has 0 fully saturated rings. The summed E-state index contributed by atoms with van der Waals surface area (Å²) in [5, 5.41) is 3.22. The minimum absolute atomic E-state index is 0.222. The lowest BCUT2D eigenvalue weighted by atomic mass is 9.84. The van der Waals surface area contributed by atoms with E-state index in [9.17, 15) is 4.79 Å². The summed E-state index contributed by atoms with van der Waals surface area (Å²) in [6.07, 6.45) is 11.9. The molecule has 1 aromatic rings. The van der Waals surface area contributed by atoms with E-state index < -0.39 is 0 Å². The molecule has 0 aliphatic carbocycles. The van der Waals surface area contributed by atoms with Gasteiger partial charge in [-0.15, -0.1) is 0 Å². The molecule has 0 saturated heterocycles. The number of nitrogens with one attached hydrogen (secondary N) is 1. The number of aryl methyl sites for hydroxylation is 1. The third kappa shape index (κ3) is 6.38. The zero-order valence-electron chi connectivity index (χ0n) is 19.4. The lowest BCUT2D eigenvalue weighted by Gasteiger charge is -2.24. The van der Waals surface area contributed by atoms with Crippen LogP contribution >= 0.6 is 0 Å². The van der Waals surface area contributed by atoms with Crippen molar-refractivity contribution in [2.24, 2.45) is 0 Å². The van der Waals surface area contributed by atoms with E-state index in [-0.39, 0.29) is 11.9 Å².